The fourth-order valence-electron chi connectivity index (χ4n) is 3.59. The molecule has 3 heterocycles. The minimum atomic E-state index is -0.612. The number of Topliss-reactive ketones (excluding diaryl/α,β-unsaturated/α-hetero) is 1. The highest BCUT2D eigenvalue weighted by Gasteiger charge is 2.45. The third-order valence-electron chi connectivity index (χ3n) is 4.72. The highest BCUT2D eigenvalue weighted by atomic mass is 79.9. The molecule has 2 unspecified atom stereocenters. The quantitative estimate of drug-likeness (QED) is 0.743. The highest BCUT2D eigenvalue weighted by molar-refractivity contribution is 9.10. The van der Waals surface area contributed by atoms with Gasteiger partial charge in [-0.2, -0.15) is 4.74 Å². The number of ketones is 1. The van der Waals surface area contributed by atoms with Gasteiger partial charge in [0.1, 0.15) is 12.4 Å². The molecule has 0 saturated carbocycles. The van der Waals surface area contributed by atoms with Crippen molar-refractivity contribution in [2.75, 3.05) is 13.2 Å². The second-order valence-electron chi connectivity index (χ2n) is 6.73. The van der Waals surface area contributed by atoms with Crippen molar-refractivity contribution in [2.45, 2.75) is 25.8 Å². The van der Waals surface area contributed by atoms with Crippen LogP contribution in [0, 0.1) is 11.7 Å². The number of rotatable bonds is 2. The molecule has 2 aliphatic heterocycles. The van der Waals surface area contributed by atoms with Crippen molar-refractivity contribution in [1.82, 2.24) is 4.74 Å². The molecule has 1 fully saturated rings. The summed E-state index contributed by atoms with van der Waals surface area (Å²) in [4.78, 5) is 29.7. The first kappa shape index (κ1) is 17.4. The first-order valence-corrected chi connectivity index (χ1v) is 9.06. The van der Waals surface area contributed by atoms with Crippen LogP contribution in [0.15, 0.2) is 37.0 Å². The van der Waals surface area contributed by atoms with Crippen LogP contribution < -0.4 is 5.63 Å². The van der Waals surface area contributed by atoms with Gasteiger partial charge in [0.2, 0.25) is 0 Å². The normalized spacial score (nSPS) is 22.2. The average Bonchev–Trinajstić information content (AvgIpc) is 2.93. The number of fused-ring (bicyclic) bond motifs is 2. The van der Waals surface area contributed by atoms with Crippen LogP contribution in [0.4, 0.5) is 10.2 Å². The lowest BCUT2D eigenvalue weighted by Crippen LogP contribution is -2.43. The van der Waals surface area contributed by atoms with Gasteiger partial charge in [0.25, 0.3) is 0 Å². The van der Waals surface area contributed by atoms with Gasteiger partial charge in [-0.3, -0.25) is 4.79 Å². The largest absolute Gasteiger partial charge is 0.368 e. The van der Waals surface area contributed by atoms with Gasteiger partial charge in [-0.15, -0.1) is 0 Å². The zero-order valence-electron chi connectivity index (χ0n) is 14.2. The fraction of sp³-hybridized carbons (Fsp3) is 0.389. The van der Waals surface area contributed by atoms with E-state index in [1.54, 1.807) is 12.1 Å². The van der Waals surface area contributed by atoms with Gasteiger partial charge in [0.05, 0.1) is 34.3 Å². The lowest BCUT2D eigenvalue weighted by molar-refractivity contribution is -0.127. The minimum absolute atomic E-state index is 0.0336. The smallest absolute Gasteiger partial charge is 0.363 e. The van der Waals surface area contributed by atoms with E-state index < -0.39 is 23.3 Å². The molecule has 1 aromatic carbocycles. The maximum Gasteiger partial charge on any atom is 0.363 e. The van der Waals surface area contributed by atoms with E-state index in [9.17, 15) is 14.0 Å². The van der Waals surface area contributed by atoms with Gasteiger partial charge >= 0.3 is 5.63 Å². The number of benzene rings is 1. The summed E-state index contributed by atoms with van der Waals surface area (Å²) in [5, 5.41) is 0. The van der Waals surface area contributed by atoms with E-state index in [1.807, 2.05) is 13.8 Å². The summed E-state index contributed by atoms with van der Waals surface area (Å²) in [6.45, 7) is 3.93. The molecule has 0 spiro atoms. The number of ether oxygens (including phenoxy) is 1. The van der Waals surface area contributed by atoms with Crippen LogP contribution in [0.5, 0.6) is 0 Å². The molecule has 6 nitrogen and oxygen atoms in total. The standard InChI is InChI=1S/C18H16BrFN2O4/c1-8(2)22-17-16(18(24)26-22)14(9-3-4-11(20)10(19)5-9)15-12(21-17)6-25-7-13(15)23/h3-5,8,14-15H,6-7H2,1-2H3. The predicted octanol–water partition coefficient (Wildman–Crippen LogP) is 3.36. The molecule has 1 saturated heterocycles. The predicted molar refractivity (Wildman–Crippen MR) is 95.7 cm³/mol. The molecule has 0 aliphatic carbocycles. The molecule has 26 heavy (non-hydrogen) atoms. The first-order valence-electron chi connectivity index (χ1n) is 8.27. The van der Waals surface area contributed by atoms with Gasteiger partial charge in [0, 0.05) is 5.92 Å². The molecule has 2 atom stereocenters. The SMILES string of the molecule is CC(C)n1oc(=O)c2c1N=C1COCC(=O)C1C2c1ccc(F)c(Br)c1. The molecular formula is C18H16BrFN2O4. The van der Waals surface area contributed by atoms with Crippen LogP contribution in [0.1, 0.15) is 36.9 Å². The van der Waals surface area contributed by atoms with E-state index in [0.717, 1.165) is 0 Å². The van der Waals surface area contributed by atoms with E-state index in [4.69, 9.17) is 9.26 Å². The Kier molecular flexibility index (Phi) is 4.19. The molecule has 8 heteroatoms. The Bertz CT molecular complexity index is 992. The van der Waals surface area contributed by atoms with Crippen LogP contribution in [0.3, 0.4) is 0 Å². The van der Waals surface area contributed by atoms with Crippen molar-refractivity contribution in [3.8, 4) is 0 Å². The van der Waals surface area contributed by atoms with Gasteiger partial charge in [0.15, 0.2) is 11.6 Å². The summed E-state index contributed by atoms with van der Waals surface area (Å²) in [5.74, 6) is -1.35. The number of hydrogen-bond acceptors (Lipinski definition) is 5. The molecule has 0 amide bonds. The van der Waals surface area contributed by atoms with Crippen molar-refractivity contribution in [3.63, 3.8) is 0 Å². The molecule has 2 aliphatic rings. The lowest BCUT2D eigenvalue weighted by Gasteiger charge is -2.33. The fourth-order valence-corrected chi connectivity index (χ4v) is 3.98. The Morgan fingerprint density at radius 2 is 2.04 bits per heavy atom. The number of aromatic nitrogens is 1. The van der Waals surface area contributed by atoms with Crippen LogP contribution in [-0.2, 0) is 9.53 Å². The number of halogens is 2. The van der Waals surface area contributed by atoms with Gasteiger partial charge < -0.3 is 9.26 Å². The second-order valence-corrected chi connectivity index (χ2v) is 7.58. The van der Waals surface area contributed by atoms with E-state index in [2.05, 4.69) is 20.9 Å². The van der Waals surface area contributed by atoms with Crippen molar-refractivity contribution < 1.29 is 18.4 Å². The summed E-state index contributed by atoms with van der Waals surface area (Å²) in [6.07, 6.45) is 0. The van der Waals surface area contributed by atoms with Crippen molar-refractivity contribution in [1.29, 1.82) is 0 Å². The van der Waals surface area contributed by atoms with Crippen LogP contribution in [-0.4, -0.2) is 29.4 Å². The Balaban J connectivity index is 1.99. The summed E-state index contributed by atoms with van der Waals surface area (Å²) in [6, 6.07) is 4.39. The molecule has 0 radical (unpaired) electrons. The maximum absolute atomic E-state index is 13.7. The number of hydrogen-bond donors (Lipinski definition) is 0. The summed E-state index contributed by atoms with van der Waals surface area (Å²) in [7, 11) is 0. The van der Waals surface area contributed by atoms with E-state index >= 15 is 0 Å². The van der Waals surface area contributed by atoms with Crippen LogP contribution in [0.2, 0.25) is 0 Å². The average molecular weight is 423 g/mol. The van der Waals surface area contributed by atoms with Gasteiger partial charge in [-0.05, 0) is 47.5 Å². The Morgan fingerprint density at radius 3 is 2.73 bits per heavy atom. The minimum Gasteiger partial charge on any atom is -0.368 e. The number of carbonyl (C=O) groups excluding carboxylic acids is 1. The second kappa shape index (κ2) is 6.28. The first-order chi connectivity index (χ1) is 12.4. The number of nitrogens with zero attached hydrogens (tertiary/aromatic N) is 2. The highest BCUT2D eigenvalue weighted by Crippen LogP contribution is 2.43. The number of carbonyl (C=O) groups is 1. The van der Waals surface area contributed by atoms with Crippen molar-refractivity contribution >= 4 is 33.2 Å². The van der Waals surface area contributed by atoms with E-state index in [1.165, 1.54) is 10.8 Å². The van der Waals surface area contributed by atoms with Crippen LogP contribution >= 0.6 is 15.9 Å². The van der Waals surface area contributed by atoms with Crippen molar-refractivity contribution in [2.24, 2.45) is 10.9 Å². The summed E-state index contributed by atoms with van der Waals surface area (Å²) in [5.41, 5.74) is 1.03. The summed E-state index contributed by atoms with van der Waals surface area (Å²) < 4.78 is 26.2. The monoisotopic (exact) mass is 422 g/mol. The van der Waals surface area contributed by atoms with E-state index in [0.29, 0.717) is 22.7 Å². The maximum atomic E-state index is 13.7. The molecule has 2 aromatic rings. The molecule has 0 N–H and O–H groups in total. The van der Waals surface area contributed by atoms with Crippen LogP contribution in [0.25, 0.3) is 0 Å². The molecule has 136 valence electrons. The zero-order chi connectivity index (χ0) is 18.6. The Labute approximate surface area is 156 Å². The van der Waals surface area contributed by atoms with Gasteiger partial charge in [-0.25, -0.2) is 14.2 Å². The van der Waals surface area contributed by atoms with Gasteiger partial charge in [-0.1, -0.05) is 6.07 Å². The Morgan fingerprint density at radius 1 is 1.27 bits per heavy atom. The molecule has 0 bridgehead atoms. The topological polar surface area (TPSA) is 73.8 Å². The third-order valence-corrected chi connectivity index (χ3v) is 5.32. The Hall–Kier alpha value is -2.06. The van der Waals surface area contributed by atoms with E-state index in [-0.39, 0.29) is 29.5 Å². The van der Waals surface area contributed by atoms with Crippen molar-refractivity contribution in [3.05, 3.63) is 50.0 Å². The zero-order valence-corrected chi connectivity index (χ0v) is 15.7. The number of aliphatic imine (C=N–C) groups is 1. The summed E-state index contributed by atoms with van der Waals surface area (Å²) >= 11 is 3.18. The molecule has 4 rings (SSSR count). The third kappa shape index (κ3) is 2.59. The lowest BCUT2D eigenvalue weighted by atomic mass is 9.74. The molecular weight excluding hydrogens is 407 g/mol. The molecule has 1 aromatic heterocycles.